The highest BCUT2D eigenvalue weighted by molar-refractivity contribution is 8.15. The van der Waals surface area contributed by atoms with Gasteiger partial charge in [0, 0.05) is 33.6 Å². The van der Waals surface area contributed by atoms with E-state index in [1.165, 1.54) is 17.8 Å². The lowest BCUT2D eigenvalue weighted by molar-refractivity contribution is -0.150. The van der Waals surface area contributed by atoms with Crippen LogP contribution in [0, 0.1) is 0 Å². The first-order valence-electron chi connectivity index (χ1n) is 9.38. The normalized spacial score (nSPS) is 15.3. The Kier molecular flexibility index (Phi) is 8.22. The Labute approximate surface area is 200 Å². The molecule has 5 nitrogen and oxygen atoms in total. The standard InChI is InChI=1S/C22H20Cl2O5S2/c1-3-28-22(26)17-9-13-8-15(19(23)20(24)21(13)29-17)16(25)10-18(30)31-11-12-4-6-14(27-2)7-5-12/h4-8,10,17,30H,3,9,11H2,1-2H3. The lowest BCUT2D eigenvalue weighted by Gasteiger charge is -2.10. The van der Waals surface area contributed by atoms with Crippen LogP contribution in [0.2, 0.25) is 10.0 Å². The van der Waals surface area contributed by atoms with Gasteiger partial charge in [0.15, 0.2) is 11.9 Å². The molecular formula is C22H20Cl2O5S2. The van der Waals surface area contributed by atoms with Gasteiger partial charge in [-0.15, -0.1) is 24.4 Å². The molecule has 9 heteroatoms. The number of fused-ring (bicyclic) bond motifs is 1. The molecule has 0 bridgehead atoms. The lowest BCUT2D eigenvalue weighted by atomic mass is 10.0. The minimum Gasteiger partial charge on any atom is -0.497 e. The first-order valence-corrected chi connectivity index (χ1v) is 11.6. The molecule has 1 aliphatic rings. The van der Waals surface area contributed by atoms with Crippen molar-refractivity contribution in [3.63, 3.8) is 0 Å². The molecule has 0 saturated heterocycles. The molecule has 164 valence electrons. The fourth-order valence-corrected chi connectivity index (χ4v) is 4.49. The SMILES string of the molecule is CCOC(=O)C1Cc2cc(C(=O)C=C(S)SCc3ccc(OC)cc3)c(Cl)c(Cl)c2O1. The van der Waals surface area contributed by atoms with Gasteiger partial charge in [0.1, 0.15) is 16.5 Å². The number of methoxy groups -OCH3 is 1. The first kappa shape index (κ1) is 23.9. The van der Waals surface area contributed by atoms with Crippen LogP contribution >= 0.6 is 47.6 Å². The van der Waals surface area contributed by atoms with Gasteiger partial charge in [0.05, 0.1) is 18.7 Å². The monoisotopic (exact) mass is 498 g/mol. The van der Waals surface area contributed by atoms with Crippen molar-refractivity contribution >= 4 is 59.3 Å². The summed E-state index contributed by atoms with van der Waals surface area (Å²) in [6.07, 6.45) is 0.861. The zero-order chi connectivity index (χ0) is 22.5. The zero-order valence-corrected chi connectivity index (χ0v) is 20.0. The summed E-state index contributed by atoms with van der Waals surface area (Å²) in [7, 11) is 1.61. The number of ether oxygens (including phenoxy) is 3. The second-order valence-corrected chi connectivity index (χ2v) is 9.14. The zero-order valence-electron chi connectivity index (χ0n) is 16.8. The number of benzene rings is 2. The molecule has 0 amide bonds. The Balaban J connectivity index is 1.72. The number of thiol groups is 1. The summed E-state index contributed by atoms with van der Waals surface area (Å²) in [6, 6.07) is 9.26. The number of allylic oxidation sites excluding steroid dienone is 1. The average molecular weight is 499 g/mol. The summed E-state index contributed by atoms with van der Waals surface area (Å²) in [4.78, 5) is 24.8. The Bertz CT molecular complexity index is 1020. The van der Waals surface area contributed by atoms with Crippen molar-refractivity contribution in [2.75, 3.05) is 13.7 Å². The molecular weight excluding hydrogens is 479 g/mol. The maximum atomic E-state index is 12.8. The molecule has 2 aromatic rings. The van der Waals surface area contributed by atoms with Crippen LogP contribution in [0.4, 0.5) is 0 Å². The van der Waals surface area contributed by atoms with Gasteiger partial charge in [0.2, 0.25) is 0 Å². The predicted molar refractivity (Wildman–Crippen MR) is 127 cm³/mol. The summed E-state index contributed by atoms with van der Waals surface area (Å²) >= 11 is 18.5. The highest BCUT2D eigenvalue weighted by atomic mass is 35.5. The second-order valence-electron chi connectivity index (χ2n) is 6.59. The maximum absolute atomic E-state index is 12.8. The smallest absolute Gasteiger partial charge is 0.347 e. The Hall–Kier alpha value is -1.80. The maximum Gasteiger partial charge on any atom is 0.347 e. The molecule has 0 radical (unpaired) electrons. The van der Waals surface area contributed by atoms with E-state index in [2.05, 4.69) is 12.6 Å². The quantitative estimate of drug-likeness (QED) is 0.216. The van der Waals surface area contributed by atoms with E-state index in [0.717, 1.165) is 11.3 Å². The first-order chi connectivity index (χ1) is 14.8. The van der Waals surface area contributed by atoms with E-state index in [-0.39, 0.29) is 34.4 Å². The van der Waals surface area contributed by atoms with Crippen molar-refractivity contribution < 1.29 is 23.8 Å². The van der Waals surface area contributed by atoms with Gasteiger partial charge in [-0.2, -0.15) is 0 Å². The van der Waals surface area contributed by atoms with Crippen LogP contribution in [-0.4, -0.2) is 31.6 Å². The summed E-state index contributed by atoms with van der Waals surface area (Å²) in [6.45, 7) is 1.96. The molecule has 0 fully saturated rings. The Morgan fingerprint density at radius 1 is 1.26 bits per heavy atom. The van der Waals surface area contributed by atoms with Crippen LogP contribution in [0.5, 0.6) is 11.5 Å². The lowest BCUT2D eigenvalue weighted by Crippen LogP contribution is -2.27. The van der Waals surface area contributed by atoms with E-state index in [9.17, 15) is 9.59 Å². The average Bonchev–Trinajstić information content (AvgIpc) is 3.20. The van der Waals surface area contributed by atoms with Crippen molar-refractivity contribution in [3.05, 3.63) is 67.4 Å². The van der Waals surface area contributed by atoms with Crippen LogP contribution in [0.1, 0.15) is 28.4 Å². The van der Waals surface area contributed by atoms with Crippen LogP contribution in [0.15, 0.2) is 40.6 Å². The number of hydrogen-bond acceptors (Lipinski definition) is 7. The second kappa shape index (κ2) is 10.7. The van der Waals surface area contributed by atoms with Crippen LogP contribution in [0.3, 0.4) is 0 Å². The van der Waals surface area contributed by atoms with Crippen LogP contribution in [0.25, 0.3) is 0 Å². The Morgan fingerprint density at radius 3 is 2.61 bits per heavy atom. The highest BCUT2D eigenvalue weighted by Crippen LogP contribution is 2.43. The number of thioether (sulfide) groups is 1. The van der Waals surface area contributed by atoms with Crippen molar-refractivity contribution in [2.24, 2.45) is 0 Å². The molecule has 0 saturated carbocycles. The Morgan fingerprint density at radius 2 is 1.97 bits per heavy atom. The number of carbonyl (C=O) groups is 2. The van der Waals surface area contributed by atoms with Crippen molar-refractivity contribution in [1.29, 1.82) is 0 Å². The molecule has 1 aliphatic heterocycles. The number of ketones is 1. The van der Waals surface area contributed by atoms with Gasteiger partial charge in [-0.05, 0) is 30.7 Å². The number of esters is 1. The summed E-state index contributed by atoms with van der Waals surface area (Å²) in [5, 5.41) is 0.182. The summed E-state index contributed by atoms with van der Waals surface area (Å²) in [5.74, 6) is 0.918. The van der Waals surface area contributed by atoms with Gasteiger partial charge < -0.3 is 14.2 Å². The van der Waals surface area contributed by atoms with Crippen molar-refractivity contribution in [2.45, 2.75) is 25.2 Å². The predicted octanol–water partition coefficient (Wildman–Crippen LogP) is 5.76. The van der Waals surface area contributed by atoms with Gasteiger partial charge in [-0.3, -0.25) is 4.79 Å². The van der Waals surface area contributed by atoms with Crippen molar-refractivity contribution in [1.82, 2.24) is 0 Å². The van der Waals surface area contributed by atoms with Gasteiger partial charge in [-0.1, -0.05) is 35.3 Å². The molecule has 0 spiro atoms. The highest BCUT2D eigenvalue weighted by Gasteiger charge is 2.34. The molecule has 0 aliphatic carbocycles. The van der Waals surface area contributed by atoms with Crippen LogP contribution < -0.4 is 9.47 Å². The fourth-order valence-electron chi connectivity index (χ4n) is 2.98. The largest absolute Gasteiger partial charge is 0.497 e. The van der Waals surface area contributed by atoms with E-state index in [1.807, 2.05) is 24.3 Å². The third-order valence-electron chi connectivity index (χ3n) is 4.52. The number of rotatable bonds is 8. The molecule has 31 heavy (non-hydrogen) atoms. The summed E-state index contributed by atoms with van der Waals surface area (Å²) in [5.41, 5.74) is 1.94. The van der Waals surface area contributed by atoms with Crippen molar-refractivity contribution in [3.8, 4) is 11.5 Å². The fraction of sp³-hybridized carbons (Fsp3) is 0.273. The number of halogens is 2. The molecule has 3 rings (SSSR count). The molecule has 1 atom stereocenters. The van der Waals surface area contributed by atoms with Gasteiger partial charge in [-0.25, -0.2) is 4.79 Å². The van der Waals surface area contributed by atoms with Gasteiger partial charge >= 0.3 is 5.97 Å². The van der Waals surface area contributed by atoms with E-state index in [1.54, 1.807) is 20.1 Å². The molecule has 0 N–H and O–H groups in total. The third-order valence-corrected chi connectivity index (χ3v) is 6.78. The molecule has 2 aromatic carbocycles. The van der Waals surface area contributed by atoms with E-state index < -0.39 is 12.1 Å². The molecule has 1 unspecified atom stereocenters. The number of hydrogen-bond donors (Lipinski definition) is 1. The summed E-state index contributed by atoms with van der Waals surface area (Å²) < 4.78 is 16.3. The minimum absolute atomic E-state index is 0.0764. The molecule has 0 aromatic heterocycles. The molecule has 1 heterocycles. The van der Waals surface area contributed by atoms with E-state index >= 15 is 0 Å². The van der Waals surface area contributed by atoms with E-state index in [0.29, 0.717) is 21.3 Å². The third kappa shape index (κ3) is 5.71. The van der Waals surface area contributed by atoms with Crippen LogP contribution in [-0.2, 0) is 21.7 Å². The topological polar surface area (TPSA) is 61.8 Å². The van der Waals surface area contributed by atoms with E-state index in [4.69, 9.17) is 37.4 Å². The van der Waals surface area contributed by atoms with Gasteiger partial charge in [0.25, 0.3) is 0 Å². The number of carbonyl (C=O) groups excluding carboxylic acids is 2. The minimum atomic E-state index is -0.801.